The quantitative estimate of drug-likeness (QED) is 0.361. The van der Waals surface area contributed by atoms with Gasteiger partial charge in [-0.1, -0.05) is 23.7 Å². The summed E-state index contributed by atoms with van der Waals surface area (Å²) in [4.78, 5) is 32.0. The molecule has 5 rings (SSSR count). The highest BCUT2D eigenvalue weighted by Crippen LogP contribution is 2.43. The zero-order chi connectivity index (χ0) is 22.4. The Bertz CT molecular complexity index is 1290. The molecule has 3 aromatic rings. The van der Waals surface area contributed by atoms with Crippen LogP contribution in [0.25, 0.3) is 5.76 Å². The van der Waals surface area contributed by atoms with E-state index in [0.717, 1.165) is 23.3 Å². The fourth-order valence-corrected chi connectivity index (χ4v) is 4.43. The predicted octanol–water partition coefficient (Wildman–Crippen LogP) is 4.60. The lowest BCUT2D eigenvalue weighted by atomic mass is 9.95. The van der Waals surface area contributed by atoms with Crippen LogP contribution in [-0.4, -0.2) is 28.4 Å². The number of ether oxygens (including phenoxy) is 1. The van der Waals surface area contributed by atoms with E-state index in [9.17, 15) is 14.7 Å². The number of benzene rings is 2. The van der Waals surface area contributed by atoms with E-state index in [4.69, 9.17) is 16.3 Å². The SMILES string of the molecule is Cc1ccc(Cl)cc1N1C(=O)C(=O)/C(=C(\O)c2ccc3c(c2)CCO3)C1c1cccnc1. The Balaban J connectivity index is 1.73. The minimum atomic E-state index is -0.842. The summed E-state index contributed by atoms with van der Waals surface area (Å²) in [7, 11) is 0. The van der Waals surface area contributed by atoms with Crippen LogP contribution in [-0.2, 0) is 16.0 Å². The smallest absolute Gasteiger partial charge is 0.300 e. The Kier molecular flexibility index (Phi) is 4.94. The number of hydrogen-bond acceptors (Lipinski definition) is 5. The first kappa shape index (κ1) is 20.3. The van der Waals surface area contributed by atoms with Crippen LogP contribution >= 0.6 is 11.6 Å². The monoisotopic (exact) mass is 446 g/mol. The molecule has 0 aliphatic carbocycles. The van der Waals surface area contributed by atoms with Crippen molar-refractivity contribution in [2.45, 2.75) is 19.4 Å². The van der Waals surface area contributed by atoms with E-state index in [1.165, 1.54) is 4.90 Å². The normalized spacial score (nSPS) is 19.2. The number of fused-ring (bicyclic) bond motifs is 1. The zero-order valence-corrected chi connectivity index (χ0v) is 18.0. The second-order valence-electron chi connectivity index (χ2n) is 7.81. The van der Waals surface area contributed by atoms with Crippen LogP contribution in [0.15, 0.2) is 66.5 Å². The molecule has 0 spiro atoms. The molecule has 1 aromatic heterocycles. The van der Waals surface area contributed by atoms with Gasteiger partial charge in [0.15, 0.2) is 0 Å². The average molecular weight is 447 g/mol. The summed E-state index contributed by atoms with van der Waals surface area (Å²) in [6.07, 6.45) is 3.92. The van der Waals surface area contributed by atoms with Crippen molar-refractivity contribution < 1.29 is 19.4 Å². The Labute approximate surface area is 189 Å². The molecule has 1 saturated heterocycles. The molecule has 32 heavy (non-hydrogen) atoms. The summed E-state index contributed by atoms with van der Waals surface area (Å²) in [5.41, 5.74) is 3.32. The van der Waals surface area contributed by atoms with Crippen molar-refractivity contribution in [3.63, 3.8) is 0 Å². The Morgan fingerprint density at radius 3 is 2.81 bits per heavy atom. The molecule has 0 radical (unpaired) electrons. The van der Waals surface area contributed by atoms with Gasteiger partial charge in [-0.05, 0) is 60.0 Å². The van der Waals surface area contributed by atoms with Crippen LogP contribution in [0.3, 0.4) is 0 Å². The number of Topliss-reactive ketones (excluding diaryl/α,β-unsaturated/α-hetero) is 1. The van der Waals surface area contributed by atoms with E-state index in [2.05, 4.69) is 4.98 Å². The molecule has 0 bridgehead atoms. The number of pyridine rings is 1. The fraction of sp³-hybridized carbons (Fsp3) is 0.160. The number of rotatable bonds is 3. The van der Waals surface area contributed by atoms with Crippen molar-refractivity contribution in [1.82, 2.24) is 4.98 Å². The number of anilines is 1. The molecule has 2 aliphatic rings. The summed E-state index contributed by atoms with van der Waals surface area (Å²) in [5, 5.41) is 11.7. The van der Waals surface area contributed by atoms with Crippen LogP contribution < -0.4 is 9.64 Å². The van der Waals surface area contributed by atoms with Crippen LogP contribution in [0.2, 0.25) is 5.02 Å². The lowest BCUT2D eigenvalue weighted by molar-refractivity contribution is -0.132. The molecule has 2 aromatic carbocycles. The van der Waals surface area contributed by atoms with Gasteiger partial charge in [0.05, 0.1) is 18.2 Å². The number of nitrogens with zero attached hydrogens (tertiary/aromatic N) is 2. The zero-order valence-electron chi connectivity index (χ0n) is 17.2. The third kappa shape index (κ3) is 3.24. The second-order valence-corrected chi connectivity index (χ2v) is 8.24. The molecular formula is C25H19ClN2O4. The molecule has 3 heterocycles. The maximum absolute atomic E-state index is 13.2. The van der Waals surface area contributed by atoms with Crippen LogP contribution in [0.4, 0.5) is 5.69 Å². The van der Waals surface area contributed by atoms with Gasteiger partial charge in [0.25, 0.3) is 11.7 Å². The number of hydrogen-bond donors (Lipinski definition) is 1. The fourth-order valence-electron chi connectivity index (χ4n) is 4.27. The number of aliphatic hydroxyl groups is 1. The topological polar surface area (TPSA) is 79.7 Å². The summed E-state index contributed by atoms with van der Waals surface area (Å²) in [6, 6.07) is 13.1. The maximum atomic E-state index is 13.2. The van der Waals surface area contributed by atoms with Crippen molar-refractivity contribution in [1.29, 1.82) is 0 Å². The minimum Gasteiger partial charge on any atom is -0.507 e. The van der Waals surface area contributed by atoms with Crippen LogP contribution in [0.1, 0.15) is 28.3 Å². The largest absolute Gasteiger partial charge is 0.507 e. The van der Waals surface area contributed by atoms with Crippen LogP contribution in [0, 0.1) is 6.92 Å². The molecule has 1 amide bonds. The summed E-state index contributed by atoms with van der Waals surface area (Å²) in [6.45, 7) is 2.42. The summed E-state index contributed by atoms with van der Waals surface area (Å²) >= 11 is 6.21. The second kappa shape index (κ2) is 7.80. The van der Waals surface area contributed by atoms with Crippen molar-refractivity contribution >= 4 is 34.7 Å². The minimum absolute atomic E-state index is 0.0150. The summed E-state index contributed by atoms with van der Waals surface area (Å²) in [5.74, 6) is -0.947. The van der Waals surface area contributed by atoms with Gasteiger partial charge in [0.2, 0.25) is 0 Å². The first-order valence-electron chi connectivity index (χ1n) is 10.2. The van der Waals surface area contributed by atoms with E-state index in [1.54, 1.807) is 60.9 Å². The molecule has 7 heteroatoms. The van der Waals surface area contributed by atoms with E-state index in [1.807, 2.05) is 6.92 Å². The van der Waals surface area contributed by atoms with Crippen molar-refractivity contribution in [2.24, 2.45) is 0 Å². The molecule has 1 N–H and O–H groups in total. The Hall–Kier alpha value is -3.64. The number of carbonyl (C=O) groups is 2. The lowest BCUT2D eigenvalue weighted by Crippen LogP contribution is -2.30. The van der Waals surface area contributed by atoms with E-state index in [-0.39, 0.29) is 11.3 Å². The van der Waals surface area contributed by atoms with E-state index < -0.39 is 17.7 Å². The van der Waals surface area contributed by atoms with Gasteiger partial charge in [0, 0.05) is 35.1 Å². The Morgan fingerprint density at radius 2 is 2.03 bits per heavy atom. The van der Waals surface area contributed by atoms with Crippen molar-refractivity contribution in [3.05, 3.63) is 93.8 Å². The van der Waals surface area contributed by atoms with Gasteiger partial charge in [-0.2, -0.15) is 0 Å². The number of carbonyl (C=O) groups excluding carboxylic acids is 2. The van der Waals surface area contributed by atoms with Crippen molar-refractivity contribution in [3.8, 4) is 5.75 Å². The highest BCUT2D eigenvalue weighted by molar-refractivity contribution is 6.52. The molecule has 1 unspecified atom stereocenters. The van der Waals surface area contributed by atoms with Gasteiger partial charge in [0.1, 0.15) is 11.5 Å². The Morgan fingerprint density at radius 1 is 1.19 bits per heavy atom. The predicted molar refractivity (Wildman–Crippen MR) is 121 cm³/mol. The summed E-state index contributed by atoms with van der Waals surface area (Å²) < 4.78 is 5.54. The molecule has 6 nitrogen and oxygen atoms in total. The first-order valence-corrected chi connectivity index (χ1v) is 10.6. The number of aryl methyl sites for hydroxylation is 1. The molecular weight excluding hydrogens is 428 g/mol. The first-order chi connectivity index (χ1) is 15.5. The van der Waals surface area contributed by atoms with Crippen LogP contribution in [0.5, 0.6) is 5.75 Å². The molecule has 160 valence electrons. The van der Waals surface area contributed by atoms with E-state index in [0.29, 0.717) is 28.4 Å². The molecule has 1 fully saturated rings. The maximum Gasteiger partial charge on any atom is 0.300 e. The molecule has 0 saturated carbocycles. The number of halogens is 1. The van der Waals surface area contributed by atoms with Gasteiger partial charge >= 0.3 is 0 Å². The van der Waals surface area contributed by atoms with Gasteiger partial charge in [-0.25, -0.2) is 0 Å². The highest BCUT2D eigenvalue weighted by Gasteiger charge is 2.47. The van der Waals surface area contributed by atoms with Gasteiger partial charge in [-0.3, -0.25) is 19.5 Å². The van der Waals surface area contributed by atoms with Gasteiger partial charge < -0.3 is 9.84 Å². The lowest BCUT2D eigenvalue weighted by Gasteiger charge is -2.26. The highest BCUT2D eigenvalue weighted by atomic mass is 35.5. The number of amides is 1. The third-order valence-electron chi connectivity index (χ3n) is 5.84. The average Bonchev–Trinajstić information content (AvgIpc) is 3.38. The molecule has 2 aliphatic heterocycles. The van der Waals surface area contributed by atoms with Gasteiger partial charge in [-0.15, -0.1) is 0 Å². The number of aliphatic hydroxyl groups excluding tert-OH is 1. The standard InChI is InChI=1S/C25H19ClN2O4/c1-14-4-6-18(26)12-19(14)28-22(17-3-2-9-27-13-17)21(24(30)25(28)31)23(29)16-5-7-20-15(11-16)8-10-32-20/h2-7,9,11-13,22,29H,8,10H2,1H3/b23-21-. The molecule has 1 atom stereocenters. The van der Waals surface area contributed by atoms with E-state index >= 15 is 0 Å². The number of ketones is 1. The third-order valence-corrected chi connectivity index (χ3v) is 6.07. The number of aromatic nitrogens is 1. The van der Waals surface area contributed by atoms with Crippen molar-refractivity contribution in [2.75, 3.05) is 11.5 Å².